The molecule has 1 unspecified atom stereocenters. The highest BCUT2D eigenvalue weighted by atomic mass is 16.6. The van der Waals surface area contributed by atoms with Crippen LogP contribution in [0.4, 0.5) is 0 Å². The number of carbonyl (C=O) groups is 1. The number of esters is 1. The van der Waals surface area contributed by atoms with Crippen LogP contribution in [0.2, 0.25) is 0 Å². The summed E-state index contributed by atoms with van der Waals surface area (Å²) in [5, 5.41) is 3.35. The molecule has 1 aromatic carbocycles. The highest BCUT2D eigenvalue weighted by Crippen LogP contribution is 2.30. The van der Waals surface area contributed by atoms with Crippen LogP contribution in [0.25, 0.3) is 10.4 Å². The van der Waals surface area contributed by atoms with Crippen LogP contribution in [-0.4, -0.2) is 5.97 Å². The first-order chi connectivity index (χ1) is 7.33. The molecule has 0 N–H and O–H groups in total. The Balaban J connectivity index is 0.000000531. The van der Waals surface area contributed by atoms with Crippen LogP contribution in [0.1, 0.15) is 36.0 Å². The fourth-order valence-electron chi connectivity index (χ4n) is 1.26. The molecule has 0 radical (unpaired) electrons. The first-order valence-corrected chi connectivity index (χ1v) is 4.67. The zero-order chi connectivity index (χ0) is 11.3. The molecule has 1 aliphatic rings. The van der Waals surface area contributed by atoms with Gasteiger partial charge in [-0.25, -0.2) is 4.79 Å². The molecule has 5 nitrogen and oxygen atoms in total. The first kappa shape index (κ1) is 11.1. The molecule has 0 bridgehead atoms. The van der Waals surface area contributed by atoms with Gasteiger partial charge in [-0.15, -0.1) is 0 Å². The van der Waals surface area contributed by atoms with Gasteiger partial charge in [0.05, 0.1) is 5.56 Å². The number of ether oxygens (including phenoxy) is 1. The number of rotatable bonds is 1. The Bertz CT molecular complexity index is 411. The predicted octanol–water partition coefficient (Wildman–Crippen LogP) is 3.19. The molecule has 1 aromatic rings. The molecule has 0 saturated heterocycles. The Morgan fingerprint density at radius 3 is 2.73 bits per heavy atom. The number of benzene rings is 1. The summed E-state index contributed by atoms with van der Waals surface area (Å²) in [5.41, 5.74) is 9.31. The van der Waals surface area contributed by atoms with Crippen LogP contribution < -0.4 is 0 Å². The highest BCUT2D eigenvalue weighted by molar-refractivity contribution is 5.93. The van der Waals surface area contributed by atoms with E-state index in [0.717, 1.165) is 0 Å². The van der Waals surface area contributed by atoms with Gasteiger partial charge in [0.25, 0.3) is 0 Å². The predicted molar refractivity (Wildman–Crippen MR) is 55.1 cm³/mol. The second-order valence-corrected chi connectivity index (χ2v) is 2.55. The third kappa shape index (κ3) is 2.08. The van der Waals surface area contributed by atoms with Crippen molar-refractivity contribution in [2.45, 2.75) is 20.1 Å². The van der Waals surface area contributed by atoms with E-state index in [1.807, 2.05) is 13.8 Å². The van der Waals surface area contributed by atoms with E-state index in [-0.39, 0.29) is 0 Å². The van der Waals surface area contributed by atoms with Crippen LogP contribution in [0.15, 0.2) is 29.4 Å². The van der Waals surface area contributed by atoms with E-state index in [2.05, 4.69) is 10.0 Å². The van der Waals surface area contributed by atoms with Gasteiger partial charge in [-0.3, -0.25) is 0 Å². The van der Waals surface area contributed by atoms with Crippen LogP contribution in [0, 0.1) is 0 Å². The number of carbonyl (C=O) groups excluding carboxylic acids is 1. The van der Waals surface area contributed by atoms with Gasteiger partial charge in [0, 0.05) is 10.5 Å². The van der Waals surface area contributed by atoms with Gasteiger partial charge < -0.3 is 4.74 Å². The number of hydrogen-bond acceptors (Lipinski definition) is 3. The minimum Gasteiger partial charge on any atom is -0.448 e. The van der Waals surface area contributed by atoms with Crippen LogP contribution >= 0.6 is 0 Å². The number of azide groups is 1. The molecular formula is C10H11N3O2. The molecule has 1 aliphatic heterocycles. The number of fused-ring (bicyclic) bond motifs is 1. The molecule has 0 fully saturated rings. The zero-order valence-electron chi connectivity index (χ0n) is 8.54. The second kappa shape index (κ2) is 5.02. The first-order valence-electron chi connectivity index (χ1n) is 4.67. The maximum atomic E-state index is 11.1. The molecule has 78 valence electrons. The Hall–Kier alpha value is -2.00. The van der Waals surface area contributed by atoms with Crippen molar-refractivity contribution in [1.82, 2.24) is 0 Å². The Labute approximate surface area is 87.3 Å². The minimum atomic E-state index is -0.798. The van der Waals surface area contributed by atoms with Crippen molar-refractivity contribution in [2.24, 2.45) is 5.11 Å². The summed E-state index contributed by atoms with van der Waals surface area (Å²) >= 11 is 0. The Morgan fingerprint density at radius 1 is 1.40 bits per heavy atom. The third-order valence-corrected chi connectivity index (χ3v) is 1.82. The van der Waals surface area contributed by atoms with Gasteiger partial charge in [0.15, 0.2) is 0 Å². The molecule has 0 amide bonds. The van der Waals surface area contributed by atoms with E-state index in [1.54, 1.807) is 24.3 Å². The van der Waals surface area contributed by atoms with Crippen LogP contribution in [0.5, 0.6) is 0 Å². The van der Waals surface area contributed by atoms with Crippen molar-refractivity contribution >= 4 is 5.97 Å². The van der Waals surface area contributed by atoms with E-state index in [9.17, 15) is 4.79 Å². The summed E-state index contributed by atoms with van der Waals surface area (Å²) in [6, 6.07) is 6.85. The lowest BCUT2D eigenvalue weighted by Crippen LogP contribution is -1.94. The summed E-state index contributed by atoms with van der Waals surface area (Å²) in [4.78, 5) is 13.7. The number of cyclic esters (lactones) is 1. The molecule has 2 rings (SSSR count). The minimum absolute atomic E-state index is 0.437. The van der Waals surface area contributed by atoms with Crippen molar-refractivity contribution in [2.75, 3.05) is 0 Å². The molecule has 0 spiro atoms. The smallest absolute Gasteiger partial charge is 0.339 e. The molecule has 0 saturated carbocycles. The van der Waals surface area contributed by atoms with Gasteiger partial charge in [0.2, 0.25) is 6.23 Å². The van der Waals surface area contributed by atoms with Crippen molar-refractivity contribution < 1.29 is 9.53 Å². The average Bonchev–Trinajstić information content (AvgIpc) is 2.61. The van der Waals surface area contributed by atoms with Gasteiger partial charge >= 0.3 is 5.97 Å². The summed E-state index contributed by atoms with van der Waals surface area (Å²) in [6.45, 7) is 4.00. The van der Waals surface area contributed by atoms with Crippen molar-refractivity contribution in [3.8, 4) is 0 Å². The summed E-state index contributed by atoms with van der Waals surface area (Å²) < 4.78 is 4.81. The second-order valence-electron chi connectivity index (χ2n) is 2.55. The quantitative estimate of drug-likeness (QED) is 0.305. The summed E-state index contributed by atoms with van der Waals surface area (Å²) in [7, 11) is 0. The highest BCUT2D eigenvalue weighted by Gasteiger charge is 2.29. The molecule has 0 aromatic heterocycles. The molecule has 1 heterocycles. The fourth-order valence-corrected chi connectivity index (χ4v) is 1.26. The van der Waals surface area contributed by atoms with E-state index in [1.165, 1.54) is 0 Å². The molecule has 1 atom stereocenters. The monoisotopic (exact) mass is 205 g/mol. The lowest BCUT2D eigenvalue weighted by atomic mass is 10.1. The maximum Gasteiger partial charge on any atom is 0.339 e. The summed E-state index contributed by atoms with van der Waals surface area (Å²) in [5.74, 6) is -0.437. The van der Waals surface area contributed by atoms with E-state index >= 15 is 0 Å². The Morgan fingerprint density at radius 2 is 2.07 bits per heavy atom. The van der Waals surface area contributed by atoms with Gasteiger partial charge in [-0.05, 0) is 16.7 Å². The third-order valence-electron chi connectivity index (χ3n) is 1.82. The standard InChI is InChI=1S/C8H5N3O2.C2H6/c9-11-10-7-5-3-1-2-4-6(5)8(12)13-7;1-2/h1-4,7H;1-2H3. The maximum absolute atomic E-state index is 11.1. The van der Waals surface area contributed by atoms with E-state index < -0.39 is 12.2 Å². The largest absolute Gasteiger partial charge is 0.448 e. The topological polar surface area (TPSA) is 75.1 Å². The Kier molecular flexibility index (Phi) is 3.71. The van der Waals surface area contributed by atoms with Gasteiger partial charge in [0.1, 0.15) is 0 Å². The van der Waals surface area contributed by atoms with Crippen LogP contribution in [0.3, 0.4) is 0 Å². The van der Waals surface area contributed by atoms with Crippen LogP contribution in [-0.2, 0) is 4.74 Å². The zero-order valence-corrected chi connectivity index (χ0v) is 8.54. The molecule has 5 heteroatoms. The fraction of sp³-hybridized carbons (Fsp3) is 0.300. The number of hydrogen-bond donors (Lipinski definition) is 0. The molecular weight excluding hydrogens is 194 g/mol. The van der Waals surface area contributed by atoms with Crippen molar-refractivity contribution in [1.29, 1.82) is 0 Å². The lowest BCUT2D eigenvalue weighted by molar-refractivity contribution is 0.0400. The lowest BCUT2D eigenvalue weighted by Gasteiger charge is -2.00. The van der Waals surface area contributed by atoms with E-state index in [4.69, 9.17) is 10.3 Å². The van der Waals surface area contributed by atoms with Crippen molar-refractivity contribution in [3.05, 3.63) is 45.8 Å². The van der Waals surface area contributed by atoms with Gasteiger partial charge in [-0.1, -0.05) is 32.0 Å². The van der Waals surface area contributed by atoms with E-state index in [0.29, 0.717) is 11.1 Å². The number of nitrogens with zero attached hydrogens (tertiary/aromatic N) is 3. The molecule has 0 aliphatic carbocycles. The van der Waals surface area contributed by atoms with Gasteiger partial charge in [-0.2, -0.15) is 0 Å². The average molecular weight is 205 g/mol. The summed E-state index contributed by atoms with van der Waals surface area (Å²) in [6.07, 6.45) is -0.798. The normalized spacial score (nSPS) is 16.7. The SMILES string of the molecule is CC.[N-]=[N+]=NC1OC(=O)c2ccccc21. The van der Waals surface area contributed by atoms with Crippen molar-refractivity contribution in [3.63, 3.8) is 0 Å². The molecule has 15 heavy (non-hydrogen) atoms.